The number of anilines is 1. The Hall–Kier alpha value is -2.54. The summed E-state index contributed by atoms with van der Waals surface area (Å²) in [4.78, 5) is 25.5. The number of aryl methyl sites for hydroxylation is 1. The molecule has 1 saturated heterocycles. The van der Waals surface area contributed by atoms with E-state index < -0.39 is 0 Å². The summed E-state index contributed by atoms with van der Waals surface area (Å²) in [5, 5.41) is 3.77. The molecule has 1 aliphatic carbocycles. The monoisotopic (exact) mass is 443 g/mol. The number of ether oxygens (including phenoxy) is 1. The minimum atomic E-state index is 0.0554. The topological polar surface area (TPSA) is 70.6 Å². The molecule has 1 aromatic heterocycles. The summed E-state index contributed by atoms with van der Waals surface area (Å²) >= 11 is 6.25. The number of rotatable bonds is 4. The van der Waals surface area contributed by atoms with E-state index in [1.807, 2.05) is 36.1 Å². The molecule has 2 heterocycles. The first-order chi connectivity index (χ1) is 15.0. The second-order valence-corrected chi connectivity index (χ2v) is 8.93. The number of carbonyl (C=O) groups excluding carboxylic acids is 1. The fourth-order valence-electron chi connectivity index (χ4n) is 4.33. The first kappa shape index (κ1) is 21.7. The number of benzene rings is 1. The van der Waals surface area contributed by atoms with Crippen LogP contribution in [0.2, 0.25) is 5.02 Å². The zero-order valence-corrected chi connectivity index (χ0v) is 18.9. The van der Waals surface area contributed by atoms with Crippen molar-refractivity contribution in [1.82, 2.24) is 20.2 Å². The van der Waals surface area contributed by atoms with E-state index in [2.05, 4.69) is 27.1 Å². The second kappa shape index (κ2) is 9.73. The molecule has 166 valence electrons. The molecule has 0 spiro atoms. The highest BCUT2D eigenvalue weighted by atomic mass is 35.5. The molecule has 2 aliphatic rings. The first-order valence-electron chi connectivity index (χ1n) is 11.1. The van der Waals surface area contributed by atoms with Crippen molar-refractivity contribution in [1.29, 1.82) is 0 Å². The van der Waals surface area contributed by atoms with Crippen molar-refractivity contribution in [2.24, 2.45) is 0 Å². The standard InChI is InChI=1S/C23H30ClN5O2/c1-16-8-9-19(24)20(12-16)31-22-13-21(25-15-26-22)28-10-11-29(17(2)14-28)23(30)27-18-6-4-3-5-7-18/h8-9,12-13,15,17-18H,3-7,10-11,14H2,1-2H3,(H,27,30)/t17-/m1/s1. The average molecular weight is 444 g/mol. The van der Waals surface area contributed by atoms with Crippen molar-refractivity contribution in [2.45, 2.75) is 58.0 Å². The van der Waals surface area contributed by atoms with Crippen LogP contribution in [0.15, 0.2) is 30.6 Å². The molecule has 2 amide bonds. The Morgan fingerprint density at radius 1 is 1.16 bits per heavy atom. The van der Waals surface area contributed by atoms with Crippen LogP contribution in [-0.4, -0.2) is 52.6 Å². The van der Waals surface area contributed by atoms with Gasteiger partial charge in [-0.1, -0.05) is 36.9 Å². The molecular weight excluding hydrogens is 414 g/mol. The fourth-order valence-corrected chi connectivity index (χ4v) is 4.49. The number of carbonyl (C=O) groups is 1. The average Bonchev–Trinajstić information content (AvgIpc) is 2.77. The van der Waals surface area contributed by atoms with Gasteiger partial charge in [0.1, 0.15) is 17.9 Å². The number of nitrogens with one attached hydrogen (secondary N) is 1. The van der Waals surface area contributed by atoms with Gasteiger partial charge in [-0.05, 0) is 44.4 Å². The summed E-state index contributed by atoms with van der Waals surface area (Å²) in [6.45, 7) is 6.14. The zero-order chi connectivity index (χ0) is 21.8. The Bertz CT molecular complexity index is 919. The van der Waals surface area contributed by atoms with E-state index in [1.54, 1.807) is 0 Å². The van der Waals surface area contributed by atoms with Crippen LogP contribution in [0.3, 0.4) is 0 Å². The number of hydrogen-bond acceptors (Lipinski definition) is 5. The molecular formula is C23H30ClN5O2. The number of aromatic nitrogens is 2. The van der Waals surface area contributed by atoms with Gasteiger partial charge in [0.05, 0.1) is 5.02 Å². The van der Waals surface area contributed by atoms with Crippen LogP contribution < -0.4 is 15.0 Å². The fraction of sp³-hybridized carbons (Fsp3) is 0.522. The minimum absolute atomic E-state index is 0.0554. The minimum Gasteiger partial charge on any atom is -0.437 e. The molecule has 1 aliphatic heterocycles. The molecule has 0 radical (unpaired) electrons. The van der Waals surface area contributed by atoms with Crippen LogP contribution in [0.1, 0.15) is 44.6 Å². The van der Waals surface area contributed by atoms with Crippen molar-refractivity contribution in [3.05, 3.63) is 41.2 Å². The third-order valence-corrected chi connectivity index (χ3v) is 6.39. The largest absolute Gasteiger partial charge is 0.437 e. The number of amides is 2. The van der Waals surface area contributed by atoms with E-state index in [9.17, 15) is 4.79 Å². The van der Waals surface area contributed by atoms with E-state index in [0.29, 0.717) is 42.3 Å². The second-order valence-electron chi connectivity index (χ2n) is 8.52. The highest BCUT2D eigenvalue weighted by Crippen LogP contribution is 2.30. The molecule has 1 saturated carbocycles. The molecule has 2 fully saturated rings. The molecule has 1 aromatic carbocycles. The molecule has 8 heteroatoms. The Balaban J connectivity index is 1.38. The molecule has 1 N–H and O–H groups in total. The molecule has 0 bridgehead atoms. The van der Waals surface area contributed by atoms with Crippen molar-refractivity contribution in [3.8, 4) is 11.6 Å². The smallest absolute Gasteiger partial charge is 0.317 e. The summed E-state index contributed by atoms with van der Waals surface area (Å²) < 4.78 is 5.91. The number of piperazine rings is 1. The summed E-state index contributed by atoms with van der Waals surface area (Å²) in [7, 11) is 0. The van der Waals surface area contributed by atoms with Gasteiger partial charge < -0.3 is 19.9 Å². The first-order valence-corrected chi connectivity index (χ1v) is 11.5. The van der Waals surface area contributed by atoms with Crippen LogP contribution in [0, 0.1) is 6.92 Å². The van der Waals surface area contributed by atoms with Crippen LogP contribution in [0.4, 0.5) is 10.6 Å². The summed E-state index contributed by atoms with van der Waals surface area (Å²) in [6.07, 6.45) is 7.38. The predicted molar refractivity (Wildman–Crippen MR) is 122 cm³/mol. The molecule has 31 heavy (non-hydrogen) atoms. The molecule has 2 aromatic rings. The third-order valence-electron chi connectivity index (χ3n) is 6.07. The van der Waals surface area contributed by atoms with Gasteiger partial charge in [-0.3, -0.25) is 0 Å². The van der Waals surface area contributed by atoms with Crippen molar-refractivity contribution < 1.29 is 9.53 Å². The molecule has 7 nitrogen and oxygen atoms in total. The predicted octanol–water partition coefficient (Wildman–Crippen LogP) is 4.78. The Kier molecular flexibility index (Phi) is 6.80. The molecule has 0 unspecified atom stereocenters. The van der Waals surface area contributed by atoms with E-state index in [1.165, 1.54) is 25.6 Å². The van der Waals surface area contributed by atoms with E-state index >= 15 is 0 Å². The summed E-state index contributed by atoms with van der Waals surface area (Å²) in [6, 6.07) is 7.92. The van der Waals surface area contributed by atoms with Gasteiger partial charge in [-0.25, -0.2) is 14.8 Å². The number of urea groups is 1. The molecule has 1 atom stereocenters. The lowest BCUT2D eigenvalue weighted by atomic mass is 9.96. The number of halogens is 1. The van der Waals surface area contributed by atoms with Gasteiger partial charge in [0.2, 0.25) is 5.88 Å². The van der Waals surface area contributed by atoms with Gasteiger partial charge in [-0.2, -0.15) is 0 Å². The van der Waals surface area contributed by atoms with Crippen LogP contribution >= 0.6 is 11.6 Å². The number of nitrogens with zero attached hydrogens (tertiary/aromatic N) is 4. The van der Waals surface area contributed by atoms with Crippen molar-refractivity contribution >= 4 is 23.4 Å². The highest BCUT2D eigenvalue weighted by molar-refractivity contribution is 6.32. The van der Waals surface area contributed by atoms with Gasteiger partial charge in [0.15, 0.2) is 0 Å². The highest BCUT2D eigenvalue weighted by Gasteiger charge is 2.29. The SMILES string of the molecule is Cc1ccc(Cl)c(Oc2cc(N3CCN(C(=O)NC4CCCCC4)[C@H](C)C3)ncn2)c1. The van der Waals surface area contributed by atoms with Gasteiger partial charge in [0.25, 0.3) is 0 Å². The van der Waals surface area contributed by atoms with E-state index in [0.717, 1.165) is 24.2 Å². The van der Waals surface area contributed by atoms with Gasteiger partial charge in [0, 0.05) is 37.8 Å². The Morgan fingerprint density at radius 3 is 2.74 bits per heavy atom. The molecule has 4 rings (SSSR count). The Morgan fingerprint density at radius 2 is 1.97 bits per heavy atom. The van der Waals surface area contributed by atoms with Crippen molar-refractivity contribution in [2.75, 3.05) is 24.5 Å². The maximum absolute atomic E-state index is 12.8. The maximum atomic E-state index is 12.8. The van der Waals surface area contributed by atoms with E-state index in [4.69, 9.17) is 16.3 Å². The number of hydrogen-bond donors (Lipinski definition) is 1. The lowest BCUT2D eigenvalue weighted by Gasteiger charge is -2.41. The lowest BCUT2D eigenvalue weighted by Crippen LogP contribution is -2.58. The third kappa shape index (κ3) is 5.39. The quantitative estimate of drug-likeness (QED) is 0.736. The maximum Gasteiger partial charge on any atom is 0.317 e. The summed E-state index contributed by atoms with van der Waals surface area (Å²) in [5.74, 6) is 1.81. The van der Waals surface area contributed by atoms with Gasteiger partial charge in [-0.15, -0.1) is 0 Å². The van der Waals surface area contributed by atoms with E-state index in [-0.39, 0.29) is 12.1 Å². The normalized spacial score (nSPS) is 19.9. The van der Waals surface area contributed by atoms with Crippen LogP contribution in [-0.2, 0) is 0 Å². The van der Waals surface area contributed by atoms with Crippen LogP contribution in [0.5, 0.6) is 11.6 Å². The Labute approximate surface area is 188 Å². The van der Waals surface area contributed by atoms with Gasteiger partial charge >= 0.3 is 6.03 Å². The lowest BCUT2D eigenvalue weighted by molar-refractivity contribution is 0.165. The zero-order valence-electron chi connectivity index (χ0n) is 18.2. The summed E-state index contributed by atoms with van der Waals surface area (Å²) in [5.41, 5.74) is 1.06. The van der Waals surface area contributed by atoms with Crippen LogP contribution in [0.25, 0.3) is 0 Å². The van der Waals surface area contributed by atoms with Crippen molar-refractivity contribution in [3.63, 3.8) is 0 Å².